The fraction of sp³-hybridized carbons (Fsp3) is 0.286. The van der Waals surface area contributed by atoms with Crippen molar-refractivity contribution < 1.29 is 9.53 Å². The third kappa shape index (κ3) is 3.09. The van der Waals surface area contributed by atoms with Crippen molar-refractivity contribution in [2.45, 2.75) is 20.0 Å². The van der Waals surface area contributed by atoms with Gasteiger partial charge in [-0.05, 0) is 32.0 Å². The molecule has 0 unspecified atom stereocenters. The topological polar surface area (TPSA) is 82.2 Å². The Kier molecular flexibility index (Phi) is 3.93. The number of nitrogens with one attached hydrogen (secondary N) is 1. The largest absolute Gasteiger partial charge is 0.491 e. The number of ether oxygens (including phenoxy) is 1. The Balaban J connectivity index is 2.17. The molecule has 0 aliphatic carbocycles. The average Bonchev–Trinajstić information content (AvgIpc) is 2.70. The lowest BCUT2D eigenvalue weighted by molar-refractivity contribution is 0.102. The summed E-state index contributed by atoms with van der Waals surface area (Å²) >= 11 is 0. The van der Waals surface area contributed by atoms with Crippen molar-refractivity contribution in [3.8, 4) is 5.75 Å². The molecule has 6 heteroatoms. The maximum atomic E-state index is 12.2. The fourth-order valence-electron chi connectivity index (χ4n) is 1.77. The van der Waals surface area contributed by atoms with Gasteiger partial charge in [-0.25, -0.2) is 0 Å². The molecule has 0 aliphatic heterocycles. The van der Waals surface area contributed by atoms with Gasteiger partial charge in [0.25, 0.3) is 5.91 Å². The summed E-state index contributed by atoms with van der Waals surface area (Å²) in [4.78, 5) is 12.2. The minimum atomic E-state index is -0.255. The van der Waals surface area contributed by atoms with Crippen LogP contribution in [0.5, 0.6) is 5.75 Å². The van der Waals surface area contributed by atoms with Crippen molar-refractivity contribution in [1.29, 1.82) is 0 Å². The molecule has 1 aromatic carbocycles. The van der Waals surface area contributed by atoms with Crippen LogP contribution in [-0.2, 0) is 7.05 Å². The molecular formula is C14H18N4O2. The van der Waals surface area contributed by atoms with Crippen molar-refractivity contribution in [2.24, 2.45) is 7.05 Å². The number of rotatable bonds is 4. The molecule has 0 saturated carbocycles. The van der Waals surface area contributed by atoms with Gasteiger partial charge in [-0.1, -0.05) is 6.07 Å². The maximum Gasteiger partial charge on any atom is 0.257 e. The SMILES string of the molecule is CC(C)Oc1cccc(C(=O)Nc2c(N)cnn2C)c1. The van der Waals surface area contributed by atoms with Gasteiger partial charge in [0, 0.05) is 12.6 Å². The number of nitrogens with zero attached hydrogens (tertiary/aromatic N) is 2. The van der Waals surface area contributed by atoms with Crippen LogP contribution in [-0.4, -0.2) is 21.8 Å². The van der Waals surface area contributed by atoms with Crippen molar-refractivity contribution in [3.05, 3.63) is 36.0 Å². The Morgan fingerprint density at radius 2 is 2.20 bits per heavy atom. The molecule has 106 valence electrons. The first-order chi connectivity index (χ1) is 9.47. The minimum absolute atomic E-state index is 0.0565. The molecule has 1 aromatic heterocycles. The van der Waals surface area contributed by atoms with Gasteiger partial charge < -0.3 is 15.8 Å². The van der Waals surface area contributed by atoms with E-state index in [1.165, 1.54) is 10.9 Å². The molecule has 6 nitrogen and oxygen atoms in total. The van der Waals surface area contributed by atoms with Crippen LogP contribution < -0.4 is 15.8 Å². The quantitative estimate of drug-likeness (QED) is 0.893. The summed E-state index contributed by atoms with van der Waals surface area (Å²) in [7, 11) is 1.71. The van der Waals surface area contributed by atoms with Gasteiger partial charge in [-0.15, -0.1) is 0 Å². The zero-order valence-electron chi connectivity index (χ0n) is 11.8. The highest BCUT2D eigenvalue weighted by atomic mass is 16.5. The summed E-state index contributed by atoms with van der Waals surface area (Å²) in [6.45, 7) is 3.87. The van der Waals surface area contributed by atoms with E-state index in [4.69, 9.17) is 10.5 Å². The van der Waals surface area contributed by atoms with Gasteiger partial charge in [0.05, 0.1) is 18.0 Å². The van der Waals surface area contributed by atoms with E-state index in [-0.39, 0.29) is 12.0 Å². The second kappa shape index (κ2) is 5.64. The molecule has 1 heterocycles. The number of nitrogen functional groups attached to an aromatic ring is 1. The number of aromatic nitrogens is 2. The number of hydrogen-bond donors (Lipinski definition) is 2. The lowest BCUT2D eigenvalue weighted by atomic mass is 10.2. The van der Waals surface area contributed by atoms with E-state index in [9.17, 15) is 4.79 Å². The summed E-state index contributed by atoms with van der Waals surface area (Å²) in [5.41, 5.74) is 6.67. The Labute approximate surface area is 117 Å². The van der Waals surface area contributed by atoms with Gasteiger partial charge >= 0.3 is 0 Å². The number of hydrogen-bond acceptors (Lipinski definition) is 4. The van der Waals surface area contributed by atoms with E-state index in [0.29, 0.717) is 22.8 Å². The summed E-state index contributed by atoms with van der Waals surface area (Å²) in [6.07, 6.45) is 1.55. The molecule has 2 rings (SSSR count). The number of carbonyl (C=O) groups excluding carboxylic acids is 1. The van der Waals surface area contributed by atoms with Gasteiger partial charge in [-0.3, -0.25) is 9.48 Å². The molecule has 1 amide bonds. The summed E-state index contributed by atoms with van der Waals surface area (Å²) in [6, 6.07) is 7.01. The minimum Gasteiger partial charge on any atom is -0.491 e. The lowest BCUT2D eigenvalue weighted by Gasteiger charge is -2.11. The zero-order valence-corrected chi connectivity index (χ0v) is 11.8. The predicted octanol–water partition coefficient (Wildman–Crippen LogP) is 2.04. The fourth-order valence-corrected chi connectivity index (χ4v) is 1.77. The molecular weight excluding hydrogens is 256 g/mol. The smallest absolute Gasteiger partial charge is 0.257 e. The van der Waals surface area contributed by atoms with Crippen molar-refractivity contribution >= 4 is 17.4 Å². The second-order valence-corrected chi connectivity index (χ2v) is 4.72. The number of anilines is 2. The number of nitrogens with two attached hydrogens (primary N) is 1. The Morgan fingerprint density at radius 1 is 1.45 bits per heavy atom. The average molecular weight is 274 g/mol. The maximum absolute atomic E-state index is 12.2. The Hall–Kier alpha value is -2.50. The molecule has 0 spiro atoms. The summed E-state index contributed by atoms with van der Waals surface area (Å²) in [5.74, 6) is 0.880. The molecule has 3 N–H and O–H groups in total. The molecule has 0 fully saturated rings. The van der Waals surface area contributed by atoms with E-state index in [1.54, 1.807) is 25.2 Å². The normalized spacial score (nSPS) is 10.6. The standard InChI is InChI=1S/C14H18N4O2/c1-9(2)20-11-6-4-5-10(7-11)14(19)17-13-12(15)8-16-18(13)3/h4-9H,15H2,1-3H3,(H,17,19). The monoisotopic (exact) mass is 274 g/mol. The van der Waals surface area contributed by atoms with Crippen LogP contribution in [0.2, 0.25) is 0 Å². The zero-order chi connectivity index (χ0) is 14.7. The van der Waals surface area contributed by atoms with E-state index in [0.717, 1.165) is 0 Å². The van der Waals surface area contributed by atoms with Crippen LogP contribution in [0.25, 0.3) is 0 Å². The Morgan fingerprint density at radius 3 is 2.80 bits per heavy atom. The summed E-state index contributed by atoms with van der Waals surface area (Å²) in [5, 5.41) is 6.71. The molecule has 0 radical (unpaired) electrons. The first kappa shape index (κ1) is 13.9. The highest BCUT2D eigenvalue weighted by Gasteiger charge is 2.12. The van der Waals surface area contributed by atoms with Gasteiger partial charge in [0.15, 0.2) is 5.82 Å². The first-order valence-electron chi connectivity index (χ1n) is 6.33. The van der Waals surface area contributed by atoms with Crippen LogP contribution in [0.4, 0.5) is 11.5 Å². The van der Waals surface area contributed by atoms with Crippen LogP contribution in [0.1, 0.15) is 24.2 Å². The number of benzene rings is 1. The molecule has 0 aliphatic rings. The number of aryl methyl sites for hydroxylation is 1. The summed E-state index contributed by atoms with van der Waals surface area (Å²) < 4.78 is 7.08. The van der Waals surface area contributed by atoms with Gasteiger partial charge in [0.1, 0.15) is 5.75 Å². The predicted molar refractivity (Wildman–Crippen MR) is 77.8 cm³/mol. The Bertz CT molecular complexity index is 600. The molecule has 0 bridgehead atoms. The first-order valence-corrected chi connectivity index (χ1v) is 6.33. The molecule has 20 heavy (non-hydrogen) atoms. The molecule has 0 atom stereocenters. The highest BCUT2D eigenvalue weighted by molar-refractivity contribution is 6.05. The van der Waals surface area contributed by atoms with Gasteiger partial charge in [-0.2, -0.15) is 5.10 Å². The molecule has 0 saturated heterocycles. The molecule has 2 aromatic rings. The van der Waals surface area contributed by atoms with E-state index < -0.39 is 0 Å². The van der Waals surface area contributed by atoms with E-state index in [1.807, 2.05) is 19.9 Å². The third-order valence-electron chi connectivity index (χ3n) is 2.67. The van der Waals surface area contributed by atoms with Crippen LogP contribution >= 0.6 is 0 Å². The van der Waals surface area contributed by atoms with Crippen molar-refractivity contribution in [1.82, 2.24) is 9.78 Å². The third-order valence-corrected chi connectivity index (χ3v) is 2.67. The van der Waals surface area contributed by atoms with Crippen molar-refractivity contribution in [2.75, 3.05) is 11.1 Å². The van der Waals surface area contributed by atoms with Crippen molar-refractivity contribution in [3.63, 3.8) is 0 Å². The van der Waals surface area contributed by atoms with Crippen LogP contribution in [0, 0.1) is 0 Å². The van der Waals surface area contributed by atoms with Crippen LogP contribution in [0.15, 0.2) is 30.5 Å². The number of amides is 1. The van der Waals surface area contributed by atoms with Crippen LogP contribution in [0.3, 0.4) is 0 Å². The lowest BCUT2D eigenvalue weighted by Crippen LogP contribution is -2.16. The second-order valence-electron chi connectivity index (χ2n) is 4.72. The van der Waals surface area contributed by atoms with E-state index >= 15 is 0 Å². The van der Waals surface area contributed by atoms with E-state index in [2.05, 4.69) is 10.4 Å². The van der Waals surface area contributed by atoms with Gasteiger partial charge in [0.2, 0.25) is 0 Å². The highest BCUT2D eigenvalue weighted by Crippen LogP contribution is 2.19. The number of carbonyl (C=O) groups is 1.